The molecule has 16 heavy (non-hydrogen) atoms. The molecule has 0 aliphatic rings. The largest absolute Gasteiger partial charge is 0.507 e. The molecule has 1 aromatic carbocycles. The van der Waals surface area contributed by atoms with Gasteiger partial charge in [0.25, 0.3) is 0 Å². The summed E-state index contributed by atoms with van der Waals surface area (Å²) in [5, 5.41) is 10.0. The Hall–Kier alpha value is -1.76. The first-order valence-electron chi connectivity index (χ1n) is 5.25. The quantitative estimate of drug-likeness (QED) is 0.716. The van der Waals surface area contributed by atoms with Crippen LogP contribution in [0.3, 0.4) is 0 Å². The Kier molecular flexibility index (Phi) is 4.59. The summed E-state index contributed by atoms with van der Waals surface area (Å²) < 4.78 is 0. The van der Waals surface area contributed by atoms with Crippen LogP contribution in [0.1, 0.15) is 16.7 Å². The number of hydrogen-bond donors (Lipinski definition) is 1. The maximum absolute atomic E-state index is 10.0. The van der Waals surface area contributed by atoms with Gasteiger partial charge in [-0.05, 0) is 29.5 Å². The standard InChI is InChI=1S/C15H17O/c1-4-7-12-10-13(8-5-2)15(16)14(11-12)9-6-3/h4-7,10-11,16H,1-3,8-9H2. The van der Waals surface area contributed by atoms with Crippen LogP contribution in [0, 0.1) is 6.42 Å². The third kappa shape index (κ3) is 2.86. The Morgan fingerprint density at radius 3 is 1.88 bits per heavy atom. The van der Waals surface area contributed by atoms with E-state index in [-0.39, 0.29) is 0 Å². The third-order valence-electron chi connectivity index (χ3n) is 2.33. The highest BCUT2D eigenvalue weighted by Crippen LogP contribution is 2.27. The number of phenolic OH excluding ortho intramolecular Hbond substituents is 1. The van der Waals surface area contributed by atoms with Gasteiger partial charge in [-0.15, -0.1) is 19.7 Å². The summed E-state index contributed by atoms with van der Waals surface area (Å²) in [5.74, 6) is 0.348. The molecule has 0 aliphatic carbocycles. The van der Waals surface area contributed by atoms with Crippen molar-refractivity contribution in [2.45, 2.75) is 12.8 Å². The van der Waals surface area contributed by atoms with Crippen molar-refractivity contribution in [3.8, 4) is 5.75 Å². The molecule has 0 aromatic heterocycles. The smallest absolute Gasteiger partial charge is 0.122 e. The molecule has 0 saturated heterocycles. The lowest BCUT2D eigenvalue weighted by molar-refractivity contribution is 0.464. The Morgan fingerprint density at radius 2 is 1.50 bits per heavy atom. The number of phenols is 1. The molecule has 0 aliphatic heterocycles. The van der Waals surface area contributed by atoms with Gasteiger partial charge in [0.05, 0.1) is 0 Å². The fraction of sp³-hybridized carbons (Fsp3) is 0.133. The third-order valence-corrected chi connectivity index (χ3v) is 2.33. The molecular formula is C15H17O. The van der Waals surface area contributed by atoms with E-state index in [1.165, 1.54) is 0 Å². The zero-order valence-corrected chi connectivity index (χ0v) is 9.45. The molecule has 83 valence electrons. The summed E-state index contributed by atoms with van der Waals surface area (Å²) in [5.41, 5.74) is 2.83. The van der Waals surface area contributed by atoms with Crippen molar-refractivity contribution in [2.75, 3.05) is 0 Å². The molecule has 0 spiro atoms. The summed E-state index contributed by atoms with van der Waals surface area (Å²) in [6.07, 6.45) is 8.54. The molecule has 0 unspecified atom stereocenters. The van der Waals surface area contributed by atoms with E-state index in [4.69, 9.17) is 0 Å². The van der Waals surface area contributed by atoms with Gasteiger partial charge in [-0.1, -0.05) is 30.4 Å². The van der Waals surface area contributed by atoms with Crippen LogP contribution < -0.4 is 0 Å². The molecule has 1 aromatic rings. The lowest BCUT2D eigenvalue weighted by atomic mass is 9.98. The molecule has 0 amide bonds. The van der Waals surface area contributed by atoms with Crippen LogP contribution in [-0.2, 0) is 12.8 Å². The van der Waals surface area contributed by atoms with E-state index < -0.39 is 0 Å². The van der Waals surface area contributed by atoms with Gasteiger partial charge in [-0.25, -0.2) is 0 Å². The molecule has 1 N–H and O–H groups in total. The maximum Gasteiger partial charge on any atom is 0.122 e. The second-order valence-corrected chi connectivity index (χ2v) is 3.58. The minimum absolute atomic E-state index is 0.348. The molecule has 1 rings (SSSR count). The minimum atomic E-state index is 0.348. The predicted molar refractivity (Wildman–Crippen MR) is 69.5 cm³/mol. The zero-order chi connectivity index (χ0) is 12.0. The van der Waals surface area contributed by atoms with Crippen molar-refractivity contribution in [1.29, 1.82) is 0 Å². The van der Waals surface area contributed by atoms with Crippen molar-refractivity contribution in [1.82, 2.24) is 0 Å². The van der Waals surface area contributed by atoms with E-state index in [1.807, 2.05) is 18.6 Å². The SMILES string of the molecule is C=C[CH]c1cc(CC=C)c(O)c(CC=C)c1. The average molecular weight is 213 g/mol. The van der Waals surface area contributed by atoms with Crippen molar-refractivity contribution in [2.24, 2.45) is 0 Å². The molecule has 1 nitrogen and oxygen atoms in total. The summed E-state index contributed by atoms with van der Waals surface area (Å²) >= 11 is 0. The second kappa shape index (κ2) is 5.96. The summed E-state index contributed by atoms with van der Waals surface area (Å²) in [6.45, 7) is 11.0. The monoisotopic (exact) mass is 213 g/mol. The number of hydrogen-bond acceptors (Lipinski definition) is 1. The minimum Gasteiger partial charge on any atom is -0.507 e. The Bertz CT molecular complexity index is 371. The van der Waals surface area contributed by atoms with E-state index in [1.54, 1.807) is 18.2 Å². The van der Waals surface area contributed by atoms with Gasteiger partial charge in [0.15, 0.2) is 0 Å². The van der Waals surface area contributed by atoms with Crippen molar-refractivity contribution in [3.63, 3.8) is 0 Å². The Balaban J connectivity index is 3.19. The van der Waals surface area contributed by atoms with Crippen LogP contribution in [0.4, 0.5) is 0 Å². The van der Waals surface area contributed by atoms with Gasteiger partial charge < -0.3 is 5.11 Å². The molecule has 0 atom stereocenters. The van der Waals surface area contributed by atoms with Crippen molar-refractivity contribution >= 4 is 0 Å². The van der Waals surface area contributed by atoms with Crippen molar-refractivity contribution < 1.29 is 5.11 Å². The topological polar surface area (TPSA) is 20.2 Å². The number of aromatic hydroxyl groups is 1. The van der Waals surface area contributed by atoms with Crippen LogP contribution >= 0.6 is 0 Å². The first-order chi connectivity index (χ1) is 7.72. The van der Waals surface area contributed by atoms with Gasteiger partial charge in [0, 0.05) is 6.42 Å². The van der Waals surface area contributed by atoms with Crippen LogP contribution in [-0.4, -0.2) is 5.11 Å². The van der Waals surface area contributed by atoms with Crippen LogP contribution in [0.15, 0.2) is 50.1 Å². The van der Waals surface area contributed by atoms with Crippen molar-refractivity contribution in [3.05, 3.63) is 73.2 Å². The lowest BCUT2D eigenvalue weighted by Crippen LogP contribution is -1.93. The summed E-state index contributed by atoms with van der Waals surface area (Å²) in [6, 6.07) is 3.90. The second-order valence-electron chi connectivity index (χ2n) is 3.58. The molecule has 1 heteroatoms. The van der Waals surface area contributed by atoms with Gasteiger partial charge in [0.1, 0.15) is 5.75 Å². The van der Waals surface area contributed by atoms with Gasteiger partial charge in [-0.2, -0.15) is 0 Å². The average Bonchev–Trinajstić information content (AvgIpc) is 2.26. The Labute approximate surface area is 97.4 Å². The molecule has 0 bridgehead atoms. The maximum atomic E-state index is 10.0. The molecule has 1 radical (unpaired) electrons. The lowest BCUT2D eigenvalue weighted by Gasteiger charge is -2.10. The molecule has 0 fully saturated rings. The van der Waals surface area contributed by atoms with E-state index in [0.29, 0.717) is 18.6 Å². The number of allylic oxidation sites excluding steroid dienone is 3. The molecular weight excluding hydrogens is 196 g/mol. The highest BCUT2D eigenvalue weighted by Gasteiger charge is 2.07. The predicted octanol–water partition coefficient (Wildman–Crippen LogP) is 3.59. The summed E-state index contributed by atoms with van der Waals surface area (Å²) in [7, 11) is 0. The number of benzene rings is 1. The van der Waals surface area contributed by atoms with Gasteiger partial charge in [0.2, 0.25) is 0 Å². The normalized spacial score (nSPS) is 9.75. The van der Waals surface area contributed by atoms with E-state index >= 15 is 0 Å². The highest BCUT2D eigenvalue weighted by molar-refractivity contribution is 5.48. The van der Waals surface area contributed by atoms with E-state index in [9.17, 15) is 5.11 Å². The Morgan fingerprint density at radius 1 is 1.00 bits per heavy atom. The van der Waals surface area contributed by atoms with Crippen LogP contribution in [0.2, 0.25) is 0 Å². The molecule has 0 heterocycles. The number of rotatable bonds is 6. The van der Waals surface area contributed by atoms with Crippen LogP contribution in [0.5, 0.6) is 5.75 Å². The van der Waals surface area contributed by atoms with Gasteiger partial charge in [-0.3, -0.25) is 0 Å². The summed E-state index contributed by atoms with van der Waals surface area (Å²) in [4.78, 5) is 0. The fourth-order valence-electron chi connectivity index (χ4n) is 1.64. The first-order valence-corrected chi connectivity index (χ1v) is 5.25. The highest BCUT2D eigenvalue weighted by atomic mass is 16.3. The van der Waals surface area contributed by atoms with Crippen LogP contribution in [0.25, 0.3) is 0 Å². The van der Waals surface area contributed by atoms with E-state index in [2.05, 4.69) is 19.7 Å². The molecule has 0 saturated carbocycles. The van der Waals surface area contributed by atoms with Gasteiger partial charge >= 0.3 is 0 Å². The van der Waals surface area contributed by atoms with E-state index in [0.717, 1.165) is 16.7 Å². The fourth-order valence-corrected chi connectivity index (χ4v) is 1.64. The first kappa shape index (κ1) is 12.3. The zero-order valence-electron chi connectivity index (χ0n) is 9.45.